The molecule has 0 aliphatic heterocycles. The minimum Gasteiger partial charge on any atom is -0.497 e. The van der Waals surface area contributed by atoms with Gasteiger partial charge in [-0.05, 0) is 118 Å². The highest BCUT2D eigenvalue weighted by Crippen LogP contribution is 2.27. The fourth-order valence-electron chi connectivity index (χ4n) is 6.19. The number of carbonyl (C=O) groups is 4. The summed E-state index contributed by atoms with van der Waals surface area (Å²) in [5.74, 6) is 1.18. The number of carbonyl (C=O) groups excluding carboxylic acids is 4. The zero-order valence-electron chi connectivity index (χ0n) is 35.7. The summed E-state index contributed by atoms with van der Waals surface area (Å²) in [6.07, 6.45) is 16.5. The zero-order valence-corrected chi connectivity index (χ0v) is 35.7. The molecular formula is C47H68N2O8. The van der Waals surface area contributed by atoms with Crippen LogP contribution >= 0.6 is 0 Å². The van der Waals surface area contributed by atoms with Gasteiger partial charge in [-0.2, -0.15) is 0 Å². The number of ether oxygens (including phenoxy) is 4. The number of esters is 2. The third-order valence-corrected chi connectivity index (χ3v) is 11.2. The average Bonchev–Trinajstić information content (AvgIpc) is 3.21. The molecule has 4 rings (SSSR count). The summed E-state index contributed by atoms with van der Waals surface area (Å²) in [5.41, 5.74) is 1.17. The first-order valence-electron chi connectivity index (χ1n) is 20.9. The van der Waals surface area contributed by atoms with Gasteiger partial charge in [-0.1, -0.05) is 79.2 Å². The molecule has 57 heavy (non-hydrogen) atoms. The van der Waals surface area contributed by atoms with Gasteiger partial charge < -0.3 is 29.6 Å². The molecule has 2 aromatic carbocycles. The third-order valence-electron chi connectivity index (χ3n) is 11.2. The van der Waals surface area contributed by atoms with Gasteiger partial charge in [0.2, 0.25) is 11.8 Å². The van der Waals surface area contributed by atoms with Crippen molar-refractivity contribution in [3.63, 3.8) is 0 Å². The number of hydrogen-bond acceptors (Lipinski definition) is 8. The molecule has 0 heterocycles. The molecule has 314 valence electrons. The van der Waals surface area contributed by atoms with Gasteiger partial charge in [-0.3, -0.25) is 9.59 Å². The first-order chi connectivity index (χ1) is 27.2. The summed E-state index contributed by atoms with van der Waals surface area (Å²) in [6, 6.07) is 15.5. The molecule has 0 atom stereocenters. The molecule has 2 amide bonds. The molecule has 2 N–H and O–H groups in total. The van der Waals surface area contributed by atoms with Crippen LogP contribution in [0.1, 0.15) is 137 Å². The van der Waals surface area contributed by atoms with Crippen LogP contribution in [0.15, 0.2) is 60.7 Å². The smallest absolute Gasteiger partial charge is 0.331 e. The topological polar surface area (TPSA) is 129 Å². The van der Waals surface area contributed by atoms with Crippen molar-refractivity contribution < 1.29 is 38.1 Å². The maximum atomic E-state index is 12.3. The van der Waals surface area contributed by atoms with E-state index in [9.17, 15) is 19.2 Å². The second-order valence-electron chi connectivity index (χ2n) is 16.5. The monoisotopic (exact) mass is 788 g/mol. The van der Waals surface area contributed by atoms with Crippen molar-refractivity contribution in [3.8, 4) is 11.5 Å². The summed E-state index contributed by atoms with van der Waals surface area (Å²) in [5, 5.41) is 6.28. The number of unbranched alkanes of at least 4 members (excludes halogenated alkanes) is 1. The second kappa shape index (κ2) is 23.6. The second-order valence-corrected chi connectivity index (χ2v) is 16.5. The van der Waals surface area contributed by atoms with Crippen LogP contribution in [0.4, 0.5) is 0 Å². The molecule has 0 saturated heterocycles. The molecule has 2 saturated carbocycles. The summed E-state index contributed by atoms with van der Waals surface area (Å²) in [7, 11) is 1.62. The summed E-state index contributed by atoms with van der Waals surface area (Å²) >= 11 is 0. The average molecular weight is 789 g/mol. The van der Waals surface area contributed by atoms with E-state index in [4.69, 9.17) is 18.9 Å². The van der Waals surface area contributed by atoms with E-state index >= 15 is 0 Å². The number of methoxy groups -OCH3 is 1. The maximum Gasteiger partial charge on any atom is 0.331 e. The highest BCUT2D eigenvalue weighted by molar-refractivity contribution is 5.88. The minimum atomic E-state index is -0.339. The highest BCUT2D eigenvalue weighted by atomic mass is 16.5. The van der Waals surface area contributed by atoms with Crippen LogP contribution in [-0.4, -0.2) is 61.8 Å². The van der Waals surface area contributed by atoms with Crippen LogP contribution in [0.2, 0.25) is 0 Å². The van der Waals surface area contributed by atoms with Crippen molar-refractivity contribution in [2.45, 2.75) is 150 Å². The molecule has 0 bridgehead atoms. The fraction of sp³-hybridized carbons (Fsp3) is 0.574. The number of benzene rings is 2. The van der Waals surface area contributed by atoms with Gasteiger partial charge in [0.15, 0.2) is 0 Å². The van der Waals surface area contributed by atoms with Crippen molar-refractivity contribution >= 4 is 35.9 Å². The Hall–Kier alpha value is -4.60. The van der Waals surface area contributed by atoms with Crippen molar-refractivity contribution in [1.29, 1.82) is 0 Å². The number of amides is 2. The molecule has 0 spiro atoms. The Morgan fingerprint density at radius 2 is 1.00 bits per heavy atom. The standard InChI is InChI=1S/C25H37NO4.C22H31NO4/c1-5-7-18-29-21-13-8-19(9-14-21)10-17-23(27)30-22-15-11-20(12-16-22)26-24(28)25(3,4)6-2;1-5-22(2,3)21(25)23-17-9-13-19(14-10-17)27-20(24)15-8-16-6-11-18(26-4)12-7-16/h8-10,13-14,17,20,22H,5-7,11-12,15-16,18H2,1-4H3,(H,26,28);6-8,11-12,15,17,19H,5,9-10,13-14H2,1-4H3,(H,23,25)/b17-10+;15-8+. The molecule has 0 aromatic heterocycles. The summed E-state index contributed by atoms with van der Waals surface area (Å²) in [4.78, 5) is 48.8. The van der Waals surface area contributed by atoms with Gasteiger partial charge >= 0.3 is 11.9 Å². The lowest BCUT2D eigenvalue weighted by molar-refractivity contribution is -0.145. The van der Waals surface area contributed by atoms with Gasteiger partial charge in [0.1, 0.15) is 23.7 Å². The quantitative estimate of drug-likeness (QED) is 0.0922. The molecule has 0 radical (unpaired) electrons. The molecule has 2 fully saturated rings. The van der Waals surface area contributed by atoms with Crippen LogP contribution in [0.5, 0.6) is 11.5 Å². The van der Waals surface area contributed by atoms with E-state index in [2.05, 4.69) is 17.6 Å². The van der Waals surface area contributed by atoms with E-state index in [-0.39, 0.29) is 58.9 Å². The molecule has 2 aromatic rings. The SMILES string of the molecule is CCC(C)(C)C(=O)NC1CCC(OC(=O)/C=C/c2ccc(OC)cc2)CC1.CCCCOc1ccc(/C=C/C(=O)OC2CCC(NC(=O)C(C)(C)CC)CC2)cc1. The molecule has 2 aliphatic rings. The highest BCUT2D eigenvalue weighted by Gasteiger charge is 2.31. The molecule has 10 heteroatoms. The van der Waals surface area contributed by atoms with Crippen molar-refractivity contribution in [3.05, 3.63) is 71.8 Å². The number of nitrogens with one attached hydrogen (secondary N) is 2. The van der Waals surface area contributed by atoms with Gasteiger partial charge in [0.25, 0.3) is 0 Å². The van der Waals surface area contributed by atoms with E-state index < -0.39 is 0 Å². The fourth-order valence-corrected chi connectivity index (χ4v) is 6.19. The van der Waals surface area contributed by atoms with Gasteiger partial charge in [-0.25, -0.2) is 9.59 Å². The largest absolute Gasteiger partial charge is 0.497 e. The van der Waals surface area contributed by atoms with E-state index in [1.54, 1.807) is 19.3 Å². The zero-order chi connectivity index (χ0) is 41.8. The Bertz CT molecular complexity index is 1600. The van der Waals surface area contributed by atoms with Crippen molar-refractivity contribution in [2.24, 2.45) is 10.8 Å². The van der Waals surface area contributed by atoms with Crippen LogP contribution in [0.3, 0.4) is 0 Å². The van der Waals surface area contributed by atoms with Crippen LogP contribution in [-0.2, 0) is 28.7 Å². The van der Waals surface area contributed by atoms with Gasteiger partial charge in [0, 0.05) is 35.1 Å². The minimum absolute atomic E-state index is 0.0784. The summed E-state index contributed by atoms with van der Waals surface area (Å²) < 4.78 is 21.9. The lowest BCUT2D eigenvalue weighted by atomic mass is 9.87. The van der Waals surface area contributed by atoms with E-state index in [0.717, 1.165) is 106 Å². The lowest BCUT2D eigenvalue weighted by Crippen LogP contribution is -2.45. The Labute approximate surface area is 341 Å². The normalized spacial score (nSPS) is 19.9. The van der Waals surface area contributed by atoms with Crippen LogP contribution < -0.4 is 20.1 Å². The lowest BCUT2D eigenvalue weighted by Gasteiger charge is -2.31. The molecule has 10 nitrogen and oxygen atoms in total. The Morgan fingerprint density at radius 1 is 0.614 bits per heavy atom. The number of rotatable bonds is 17. The molecule has 0 unspecified atom stereocenters. The predicted octanol–water partition coefficient (Wildman–Crippen LogP) is 9.40. The third kappa shape index (κ3) is 16.8. The van der Waals surface area contributed by atoms with Crippen molar-refractivity contribution in [2.75, 3.05) is 13.7 Å². The Kier molecular flexibility index (Phi) is 19.4. The van der Waals surface area contributed by atoms with Gasteiger partial charge in [-0.15, -0.1) is 0 Å². The predicted molar refractivity (Wildman–Crippen MR) is 227 cm³/mol. The molecular weight excluding hydrogens is 721 g/mol. The Morgan fingerprint density at radius 3 is 1.35 bits per heavy atom. The van der Waals surface area contributed by atoms with E-state index in [0.29, 0.717) is 0 Å². The maximum absolute atomic E-state index is 12.3. The van der Waals surface area contributed by atoms with E-state index in [1.165, 1.54) is 12.2 Å². The van der Waals surface area contributed by atoms with Crippen molar-refractivity contribution in [1.82, 2.24) is 10.6 Å². The first kappa shape index (κ1) is 46.8. The first-order valence-corrected chi connectivity index (χ1v) is 20.9. The van der Waals surface area contributed by atoms with Gasteiger partial charge in [0.05, 0.1) is 13.7 Å². The van der Waals surface area contributed by atoms with Crippen LogP contribution in [0, 0.1) is 10.8 Å². The number of hydrogen-bond donors (Lipinski definition) is 2. The molecule has 2 aliphatic carbocycles. The Balaban J connectivity index is 0.000000307. The summed E-state index contributed by atoms with van der Waals surface area (Å²) in [6.45, 7) is 14.8. The van der Waals surface area contributed by atoms with Crippen LogP contribution in [0.25, 0.3) is 12.2 Å². The van der Waals surface area contributed by atoms with E-state index in [1.807, 2.05) is 90.1 Å².